The maximum absolute atomic E-state index is 12.8. The number of aromatic nitrogens is 2. The summed E-state index contributed by atoms with van der Waals surface area (Å²) in [7, 11) is 0. The first-order valence-electron chi connectivity index (χ1n) is 8.48. The van der Waals surface area contributed by atoms with Crippen molar-refractivity contribution in [2.75, 3.05) is 25.6 Å². The van der Waals surface area contributed by atoms with Crippen LogP contribution in [0.15, 0.2) is 0 Å². The molecular formula is C16H23N5O4. The van der Waals surface area contributed by atoms with E-state index in [1.54, 1.807) is 0 Å². The van der Waals surface area contributed by atoms with Gasteiger partial charge in [-0.2, -0.15) is 0 Å². The van der Waals surface area contributed by atoms with E-state index in [9.17, 15) is 9.59 Å². The number of carbonyl (C=O) groups excluding carboxylic acids is 2. The highest BCUT2D eigenvalue weighted by molar-refractivity contribution is 5.94. The van der Waals surface area contributed by atoms with Gasteiger partial charge >= 0.3 is 0 Å². The first-order chi connectivity index (χ1) is 12.0. The second kappa shape index (κ2) is 7.75. The first kappa shape index (κ1) is 17.6. The van der Waals surface area contributed by atoms with Crippen molar-refractivity contribution in [1.82, 2.24) is 15.3 Å². The molecule has 3 rings (SSSR count). The minimum Gasteiger partial charge on any atom is -0.379 e. The number of nitrogen functional groups attached to an aromatic ring is 1. The average molecular weight is 349 g/mol. The third-order valence-electron chi connectivity index (χ3n) is 4.46. The van der Waals surface area contributed by atoms with Crippen LogP contribution in [-0.2, 0) is 27.1 Å². The number of ether oxygens (including phenoxy) is 2. The van der Waals surface area contributed by atoms with Gasteiger partial charge in [-0.1, -0.05) is 0 Å². The lowest BCUT2D eigenvalue weighted by molar-refractivity contribution is -0.128. The van der Waals surface area contributed by atoms with Crippen molar-refractivity contribution in [3.8, 4) is 0 Å². The van der Waals surface area contributed by atoms with Crippen LogP contribution in [0.2, 0.25) is 0 Å². The first-order valence-corrected chi connectivity index (χ1v) is 8.48. The van der Waals surface area contributed by atoms with Crippen LogP contribution < -0.4 is 16.8 Å². The maximum atomic E-state index is 12.8. The Morgan fingerprint density at radius 2 is 2.08 bits per heavy atom. The monoisotopic (exact) mass is 349 g/mol. The average Bonchev–Trinajstić information content (AvgIpc) is 2.60. The van der Waals surface area contributed by atoms with Crippen LogP contribution in [0.1, 0.15) is 41.0 Å². The molecule has 2 heterocycles. The Morgan fingerprint density at radius 1 is 1.28 bits per heavy atom. The molecule has 1 aromatic heterocycles. The van der Waals surface area contributed by atoms with Crippen molar-refractivity contribution >= 4 is 17.8 Å². The zero-order valence-electron chi connectivity index (χ0n) is 14.0. The number of hydrogen-bond acceptors (Lipinski definition) is 7. The summed E-state index contributed by atoms with van der Waals surface area (Å²) in [6, 6.07) is -0.379. The Kier molecular flexibility index (Phi) is 5.44. The van der Waals surface area contributed by atoms with Crippen molar-refractivity contribution in [3.63, 3.8) is 0 Å². The van der Waals surface area contributed by atoms with E-state index in [0.29, 0.717) is 25.3 Å². The van der Waals surface area contributed by atoms with E-state index in [2.05, 4.69) is 15.3 Å². The zero-order valence-corrected chi connectivity index (χ0v) is 14.0. The Labute approximate surface area is 145 Å². The topological polar surface area (TPSA) is 142 Å². The standard InChI is InChI=1S/C16H23N5O4/c17-13(22)8-25-12-5-6-24-7-11(12)19-15(23)14-9-3-1-2-4-10(9)20-16(18)21-14/h11-12H,1-8H2,(H2,17,22)(H,19,23)(H2,18,20,21)/t11-,12+/m0/s1. The molecule has 0 bridgehead atoms. The predicted octanol–water partition coefficient (Wildman–Crippen LogP) is -0.673. The number of aryl methyl sites for hydroxylation is 1. The highest BCUT2D eigenvalue weighted by atomic mass is 16.5. The van der Waals surface area contributed by atoms with Crippen molar-refractivity contribution < 1.29 is 19.1 Å². The molecule has 2 aliphatic rings. The van der Waals surface area contributed by atoms with E-state index in [1.165, 1.54) is 0 Å². The summed E-state index contributed by atoms with van der Waals surface area (Å²) < 4.78 is 10.9. The molecule has 0 saturated carbocycles. The molecule has 1 saturated heterocycles. The van der Waals surface area contributed by atoms with Crippen molar-refractivity contribution in [3.05, 3.63) is 17.0 Å². The smallest absolute Gasteiger partial charge is 0.270 e. The number of hydrogen-bond donors (Lipinski definition) is 3. The van der Waals surface area contributed by atoms with E-state index >= 15 is 0 Å². The second-order valence-corrected chi connectivity index (χ2v) is 6.32. The summed E-state index contributed by atoms with van der Waals surface area (Å²) in [4.78, 5) is 32.1. The maximum Gasteiger partial charge on any atom is 0.270 e. The molecule has 5 N–H and O–H groups in total. The van der Waals surface area contributed by atoms with Crippen LogP contribution in [-0.4, -0.2) is 53.7 Å². The van der Waals surface area contributed by atoms with Gasteiger partial charge in [-0.05, 0) is 32.1 Å². The minimum atomic E-state index is -0.547. The van der Waals surface area contributed by atoms with Crippen LogP contribution in [0.25, 0.3) is 0 Å². The lowest BCUT2D eigenvalue weighted by Crippen LogP contribution is -2.51. The van der Waals surface area contributed by atoms with Gasteiger partial charge in [0, 0.05) is 17.9 Å². The Bertz CT molecular complexity index is 666. The van der Waals surface area contributed by atoms with E-state index in [1.807, 2.05) is 0 Å². The van der Waals surface area contributed by atoms with Crippen LogP contribution in [0.4, 0.5) is 5.95 Å². The molecule has 1 fully saturated rings. The molecule has 0 aromatic carbocycles. The summed E-state index contributed by atoms with van der Waals surface area (Å²) in [5.74, 6) is -0.767. The quantitative estimate of drug-likeness (QED) is 0.639. The van der Waals surface area contributed by atoms with Crippen molar-refractivity contribution in [2.24, 2.45) is 5.73 Å². The Hall–Kier alpha value is -2.26. The summed E-state index contributed by atoms with van der Waals surface area (Å²) in [5, 5.41) is 2.90. The lowest BCUT2D eigenvalue weighted by atomic mass is 9.94. The molecule has 136 valence electrons. The van der Waals surface area contributed by atoms with Crippen LogP contribution in [0, 0.1) is 0 Å². The number of carbonyl (C=O) groups is 2. The normalized spacial score (nSPS) is 22.9. The Morgan fingerprint density at radius 3 is 2.88 bits per heavy atom. The summed E-state index contributed by atoms with van der Waals surface area (Å²) in [6.07, 6.45) is 3.84. The fourth-order valence-electron chi connectivity index (χ4n) is 3.28. The van der Waals surface area contributed by atoms with E-state index in [-0.39, 0.29) is 30.6 Å². The molecule has 9 heteroatoms. The zero-order chi connectivity index (χ0) is 17.8. The van der Waals surface area contributed by atoms with Crippen LogP contribution in [0.3, 0.4) is 0 Å². The van der Waals surface area contributed by atoms with E-state index in [0.717, 1.165) is 36.9 Å². The summed E-state index contributed by atoms with van der Waals surface area (Å²) in [6.45, 7) is 0.621. The van der Waals surface area contributed by atoms with Gasteiger partial charge in [-0.25, -0.2) is 9.97 Å². The SMILES string of the molecule is NC(=O)CO[C@@H]1CCOC[C@@H]1NC(=O)c1nc(N)nc2c1CCCC2. The molecular weight excluding hydrogens is 326 g/mol. The van der Waals surface area contributed by atoms with Gasteiger partial charge in [-0.15, -0.1) is 0 Å². The van der Waals surface area contributed by atoms with Gasteiger partial charge in [0.25, 0.3) is 5.91 Å². The van der Waals surface area contributed by atoms with Gasteiger partial charge in [0.2, 0.25) is 11.9 Å². The number of nitrogens with zero attached hydrogens (tertiary/aromatic N) is 2. The number of rotatable bonds is 5. The highest BCUT2D eigenvalue weighted by Crippen LogP contribution is 2.23. The molecule has 0 unspecified atom stereocenters. The summed E-state index contributed by atoms with van der Waals surface area (Å²) in [5.41, 5.74) is 12.9. The van der Waals surface area contributed by atoms with Gasteiger partial charge in [0.15, 0.2) is 0 Å². The van der Waals surface area contributed by atoms with Gasteiger partial charge < -0.3 is 26.3 Å². The fourth-order valence-corrected chi connectivity index (χ4v) is 3.28. The summed E-state index contributed by atoms with van der Waals surface area (Å²) >= 11 is 0. The number of anilines is 1. The molecule has 1 aliphatic carbocycles. The number of nitrogens with one attached hydrogen (secondary N) is 1. The molecule has 25 heavy (non-hydrogen) atoms. The molecule has 1 aromatic rings. The molecule has 0 spiro atoms. The van der Waals surface area contributed by atoms with Crippen LogP contribution in [0.5, 0.6) is 0 Å². The van der Waals surface area contributed by atoms with Gasteiger partial charge in [0.05, 0.1) is 18.8 Å². The third kappa shape index (κ3) is 4.23. The van der Waals surface area contributed by atoms with Crippen molar-refractivity contribution in [2.45, 2.75) is 44.2 Å². The molecule has 1 aliphatic heterocycles. The number of amides is 2. The largest absolute Gasteiger partial charge is 0.379 e. The fraction of sp³-hybridized carbons (Fsp3) is 0.625. The van der Waals surface area contributed by atoms with Gasteiger partial charge in [0.1, 0.15) is 12.3 Å². The number of primary amides is 1. The lowest BCUT2D eigenvalue weighted by Gasteiger charge is -2.32. The number of fused-ring (bicyclic) bond motifs is 1. The predicted molar refractivity (Wildman–Crippen MR) is 88.7 cm³/mol. The third-order valence-corrected chi connectivity index (χ3v) is 4.46. The van der Waals surface area contributed by atoms with E-state index in [4.69, 9.17) is 20.9 Å². The number of nitrogens with two attached hydrogens (primary N) is 2. The Balaban J connectivity index is 1.74. The molecule has 2 amide bonds. The van der Waals surface area contributed by atoms with Crippen LogP contribution >= 0.6 is 0 Å². The highest BCUT2D eigenvalue weighted by Gasteiger charge is 2.30. The molecule has 0 radical (unpaired) electrons. The molecule has 9 nitrogen and oxygen atoms in total. The minimum absolute atomic E-state index is 0.104. The van der Waals surface area contributed by atoms with Gasteiger partial charge in [-0.3, -0.25) is 9.59 Å². The second-order valence-electron chi connectivity index (χ2n) is 6.32. The molecule has 2 atom stereocenters. The van der Waals surface area contributed by atoms with E-state index < -0.39 is 5.91 Å². The van der Waals surface area contributed by atoms with Crippen molar-refractivity contribution in [1.29, 1.82) is 0 Å².